The third-order valence-electron chi connectivity index (χ3n) is 2.74. The maximum absolute atomic E-state index is 12.3. The van der Waals surface area contributed by atoms with Gasteiger partial charge in [-0.1, -0.05) is 0 Å². The van der Waals surface area contributed by atoms with Gasteiger partial charge in [-0.3, -0.25) is 4.79 Å². The lowest BCUT2D eigenvalue weighted by molar-refractivity contribution is 0.0748. The van der Waals surface area contributed by atoms with Gasteiger partial charge in [0.1, 0.15) is 5.82 Å². The van der Waals surface area contributed by atoms with Crippen LogP contribution in [-0.4, -0.2) is 39.4 Å². The van der Waals surface area contributed by atoms with Crippen LogP contribution in [-0.2, 0) is 0 Å². The van der Waals surface area contributed by atoms with Crippen LogP contribution < -0.4 is 5.73 Å². The van der Waals surface area contributed by atoms with Crippen LogP contribution in [0.1, 0.15) is 24.2 Å². The number of hydrogen-bond donors (Lipinski definition) is 1. The van der Waals surface area contributed by atoms with Crippen molar-refractivity contribution in [3.05, 3.63) is 23.9 Å². The molecule has 1 aliphatic rings. The highest BCUT2D eigenvalue weighted by Crippen LogP contribution is 2.30. The number of thioether (sulfide) groups is 1. The van der Waals surface area contributed by atoms with E-state index in [0.717, 1.165) is 18.8 Å². The maximum Gasteiger partial charge on any atom is 0.254 e. The van der Waals surface area contributed by atoms with Crippen LogP contribution in [0.25, 0.3) is 0 Å². The number of aromatic nitrogens is 1. The lowest BCUT2D eigenvalue weighted by Gasteiger charge is -2.37. The monoisotopic (exact) mass is 251 g/mol. The van der Waals surface area contributed by atoms with Crippen molar-refractivity contribution in [1.29, 1.82) is 0 Å². The van der Waals surface area contributed by atoms with Crippen LogP contribution in [0.4, 0.5) is 5.82 Å². The number of nitrogens with zero attached hydrogens (tertiary/aromatic N) is 2. The molecule has 17 heavy (non-hydrogen) atoms. The minimum absolute atomic E-state index is 0.0486. The van der Waals surface area contributed by atoms with E-state index < -0.39 is 0 Å². The van der Waals surface area contributed by atoms with E-state index in [1.54, 1.807) is 18.3 Å². The van der Waals surface area contributed by atoms with Gasteiger partial charge in [0.15, 0.2) is 0 Å². The molecule has 2 N–H and O–H groups in total. The molecule has 5 heteroatoms. The molecule has 1 fully saturated rings. The standard InChI is InChI=1S/C12H17N3OS/c1-12(2)8-15(5-6-17-12)11(16)9-3-4-14-10(13)7-9/h3-4,7H,5-6,8H2,1-2H3,(H2,13,14). The number of amides is 1. The lowest BCUT2D eigenvalue weighted by Crippen LogP contribution is -2.46. The average Bonchev–Trinajstić information content (AvgIpc) is 2.26. The molecule has 2 heterocycles. The van der Waals surface area contributed by atoms with Crippen LogP contribution >= 0.6 is 11.8 Å². The van der Waals surface area contributed by atoms with E-state index in [1.807, 2.05) is 16.7 Å². The van der Waals surface area contributed by atoms with Gasteiger partial charge in [0.05, 0.1) is 0 Å². The van der Waals surface area contributed by atoms with Gasteiger partial charge < -0.3 is 10.6 Å². The Kier molecular flexibility index (Phi) is 3.28. The molecule has 0 saturated carbocycles. The second-order valence-corrected chi connectivity index (χ2v) is 6.61. The second-order valence-electron chi connectivity index (χ2n) is 4.80. The quantitative estimate of drug-likeness (QED) is 0.824. The fourth-order valence-corrected chi connectivity index (χ4v) is 3.07. The summed E-state index contributed by atoms with van der Waals surface area (Å²) in [7, 11) is 0. The van der Waals surface area contributed by atoms with Gasteiger partial charge >= 0.3 is 0 Å². The van der Waals surface area contributed by atoms with Crippen molar-refractivity contribution in [2.45, 2.75) is 18.6 Å². The highest BCUT2D eigenvalue weighted by molar-refractivity contribution is 8.00. The molecule has 0 atom stereocenters. The van der Waals surface area contributed by atoms with E-state index >= 15 is 0 Å². The molecule has 0 radical (unpaired) electrons. The zero-order valence-electron chi connectivity index (χ0n) is 10.1. The molecule has 2 rings (SSSR count). The molecular weight excluding hydrogens is 234 g/mol. The first-order chi connectivity index (χ1) is 7.98. The van der Waals surface area contributed by atoms with Crippen molar-refractivity contribution in [3.63, 3.8) is 0 Å². The van der Waals surface area contributed by atoms with E-state index in [-0.39, 0.29) is 10.7 Å². The Morgan fingerprint density at radius 3 is 3.00 bits per heavy atom. The summed E-state index contributed by atoms with van der Waals surface area (Å²) < 4.78 is 0.131. The molecule has 1 amide bonds. The number of pyridine rings is 1. The third kappa shape index (κ3) is 2.91. The third-order valence-corrected chi connectivity index (χ3v) is 4.04. The molecule has 4 nitrogen and oxygen atoms in total. The Morgan fingerprint density at radius 2 is 2.35 bits per heavy atom. The molecule has 1 aromatic heterocycles. The van der Waals surface area contributed by atoms with E-state index in [0.29, 0.717) is 11.4 Å². The molecule has 92 valence electrons. The van der Waals surface area contributed by atoms with Gasteiger partial charge in [0.25, 0.3) is 5.91 Å². The summed E-state index contributed by atoms with van der Waals surface area (Å²) in [5, 5.41) is 0. The first-order valence-corrected chi connectivity index (χ1v) is 6.61. The Morgan fingerprint density at radius 1 is 1.59 bits per heavy atom. The van der Waals surface area contributed by atoms with Crippen molar-refractivity contribution in [2.24, 2.45) is 0 Å². The minimum atomic E-state index is 0.0486. The molecule has 0 bridgehead atoms. The Balaban J connectivity index is 2.15. The Labute approximate surface area is 106 Å². The van der Waals surface area contributed by atoms with Gasteiger partial charge in [-0.05, 0) is 26.0 Å². The normalized spacial score (nSPS) is 19.1. The predicted octanol–water partition coefficient (Wildman–Crippen LogP) is 1.63. The maximum atomic E-state index is 12.3. The summed E-state index contributed by atoms with van der Waals surface area (Å²) in [5.41, 5.74) is 6.22. The van der Waals surface area contributed by atoms with Crippen LogP contribution in [0.3, 0.4) is 0 Å². The van der Waals surface area contributed by atoms with Crippen LogP contribution in [0, 0.1) is 0 Å². The molecule has 0 aromatic carbocycles. The molecule has 0 unspecified atom stereocenters. The zero-order chi connectivity index (χ0) is 12.5. The molecular formula is C12H17N3OS. The van der Waals surface area contributed by atoms with Gasteiger partial charge in [-0.2, -0.15) is 11.8 Å². The van der Waals surface area contributed by atoms with Crippen molar-refractivity contribution < 1.29 is 4.79 Å². The number of hydrogen-bond acceptors (Lipinski definition) is 4. The van der Waals surface area contributed by atoms with E-state index in [4.69, 9.17) is 5.73 Å². The highest BCUT2D eigenvalue weighted by atomic mass is 32.2. The highest BCUT2D eigenvalue weighted by Gasteiger charge is 2.30. The van der Waals surface area contributed by atoms with E-state index in [9.17, 15) is 4.79 Å². The Hall–Kier alpha value is -1.23. The SMILES string of the molecule is CC1(C)CN(C(=O)c2ccnc(N)c2)CCS1. The lowest BCUT2D eigenvalue weighted by atomic mass is 10.1. The first kappa shape index (κ1) is 12.2. The molecule has 0 spiro atoms. The summed E-state index contributed by atoms with van der Waals surface area (Å²) in [4.78, 5) is 18.1. The minimum Gasteiger partial charge on any atom is -0.384 e. The molecule has 1 aliphatic heterocycles. The summed E-state index contributed by atoms with van der Waals surface area (Å²) in [6, 6.07) is 3.35. The number of carbonyl (C=O) groups is 1. The molecule has 0 aliphatic carbocycles. The number of nitrogen functional groups attached to an aromatic ring is 1. The molecule has 1 aromatic rings. The van der Waals surface area contributed by atoms with Crippen LogP contribution in [0.2, 0.25) is 0 Å². The van der Waals surface area contributed by atoms with Gasteiger partial charge in [-0.25, -0.2) is 4.98 Å². The van der Waals surface area contributed by atoms with Crippen molar-refractivity contribution >= 4 is 23.5 Å². The summed E-state index contributed by atoms with van der Waals surface area (Å²) in [6.07, 6.45) is 1.58. The second kappa shape index (κ2) is 4.56. The van der Waals surface area contributed by atoms with Crippen LogP contribution in [0.5, 0.6) is 0 Å². The summed E-state index contributed by atoms with van der Waals surface area (Å²) in [6.45, 7) is 5.91. The number of nitrogens with two attached hydrogens (primary N) is 1. The largest absolute Gasteiger partial charge is 0.384 e. The fraction of sp³-hybridized carbons (Fsp3) is 0.500. The predicted molar refractivity (Wildman–Crippen MR) is 71.1 cm³/mol. The fourth-order valence-electron chi connectivity index (χ4n) is 1.95. The molecule has 1 saturated heterocycles. The van der Waals surface area contributed by atoms with Crippen LogP contribution in [0.15, 0.2) is 18.3 Å². The van der Waals surface area contributed by atoms with E-state index in [2.05, 4.69) is 18.8 Å². The van der Waals surface area contributed by atoms with Crippen molar-refractivity contribution in [1.82, 2.24) is 9.88 Å². The smallest absolute Gasteiger partial charge is 0.254 e. The zero-order valence-corrected chi connectivity index (χ0v) is 11.0. The number of rotatable bonds is 1. The Bertz CT molecular complexity index is 434. The van der Waals surface area contributed by atoms with Gasteiger partial charge in [0.2, 0.25) is 0 Å². The topological polar surface area (TPSA) is 59.2 Å². The average molecular weight is 251 g/mol. The summed E-state index contributed by atoms with van der Waals surface area (Å²) in [5.74, 6) is 1.42. The van der Waals surface area contributed by atoms with Crippen molar-refractivity contribution in [3.8, 4) is 0 Å². The number of anilines is 1. The first-order valence-electron chi connectivity index (χ1n) is 5.63. The van der Waals surface area contributed by atoms with E-state index in [1.165, 1.54) is 0 Å². The number of carbonyl (C=O) groups excluding carboxylic acids is 1. The van der Waals surface area contributed by atoms with Gasteiger partial charge in [-0.15, -0.1) is 0 Å². The van der Waals surface area contributed by atoms with Gasteiger partial charge in [0, 0.05) is 35.3 Å². The van der Waals surface area contributed by atoms with Crippen molar-refractivity contribution in [2.75, 3.05) is 24.6 Å². The summed E-state index contributed by atoms with van der Waals surface area (Å²) >= 11 is 1.91.